The molecular weight excluding hydrogens is 285 g/mol. The van der Waals surface area contributed by atoms with Crippen molar-refractivity contribution in [3.8, 4) is 0 Å². The molecule has 1 aromatic rings. The highest BCUT2D eigenvalue weighted by Gasteiger charge is 2.38. The predicted molar refractivity (Wildman–Crippen MR) is 50.5 cm³/mol. The molecule has 0 aliphatic carbocycles. The maximum Gasteiger partial charge on any atom is 0.433 e. The van der Waals surface area contributed by atoms with Gasteiger partial charge in [-0.25, -0.2) is 13.8 Å². The van der Waals surface area contributed by atoms with Gasteiger partial charge in [-0.2, -0.15) is 13.2 Å². The lowest BCUT2D eigenvalue weighted by Crippen LogP contribution is -2.14. The Hall–Kier alpha value is -1.44. The molecule has 9 heteroatoms. The van der Waals surface area contributed by atoms with E-state index in [4.69, 9.17) is 16.7 Å². The van der Waals surface area contributed by atoms with Gasteiger partial charge < -0.3 is 5.11 Å². The Balaban J connectivity index is 3.39. The van der Waals surface area contributed by atoms with Gasteiger partial charge in [0.25, 0.3) is 6.43 Å². The van der Waals surface area contributed by atoms with Gasteiger partial charge in [0.15, 0.2) is 5.69 Å². The fraction of sp³-hybridized carbons (Fsp3) is 0.333. The molecule has 0 amide bonds. The van der Waals surface area contributed by atoms with E-state index in [2.05, 4.69) is 4.98 Å². The molecule has 18 heavy (non-hydrogen) atoms. The standard InChI is InChI=1S/C9H5ClF5NO2/c10-7-3(2-5(17)18)1-4(8(11)12)6(16-7)9(13,14)15/h1,8H,2H2,(H,17,18). The zero-order valence-corrected chi connectivity index (χ0v) is 9.19. The Bertz CT molecular complexity index is 475. The van der Waals surface area contributed by atoms with Crippen molar-refractivity contribution in [3.05, 3.63) is 28.0 Å². The van der Waals surface area contributed by atoms with Gasteiger partial charge in [0.1, 0.15) is 5.15 Å². The largest absolute Gasteiger partial charge is 0.481 e. The van der Waals surface area contributed by atoms with E-state index in [1.165, 1.54) is 0 Å². The summed E-state index contributed by atoms with van der Waals surface area (Å²) in [4.78, 5) is 13.2. The van der Waals surface area contributed by atoms with Crippen LogP contribution in [0.4, 0.5) is 22.0 Å². The first kappa shape index (κ1) is 14.6. The first-order valence-corrected chi connectivity index (χ1v) is 4.77. The van der Waals surface area contributed by atoms with Crippen LogP contribution in [-0.4, -0.2) is 16.1 Å². The summed E-state index contributed by atoms with van der Waals surface area (Å²) in [7, 11) is 0. The van der Waals surface area contributed by atoms with Crippen molar-refractivity contribution in [1.82, 2.24) is 4.98 Å². The molecule has 0 atom stereocenters. The zero-order chi connectivity index (χ0) is 14.1. The number of nitrogens with zero attached hydrogens (tertiary/aromatic N) is 1. The fourth-order valence-corrected chi connectivity index (χ4v) is 1.44. The number of hydrogen-bond donors (Lipinski definition) is 1. The Morgan fingerprint density at radius 3 is 2.39 bits per heavy atom. The van der Waals surface area contributed by atoms with E-state index in [1.54, 1.807) is 0 Å². The zero-order valence-electron chi connectivity index (χ0n) is 8.43. The van der Waals surface area contributed by atoms with E-state index in [1.807, 2.05) is 0 Å². The van der Waals surface area contributed by atoms with Crippen molar-refractivity contribution >= 4 is 17.6 Å². The number of pyridine rings is 1. The summed E-state index contributed by atoms with van der Waals surface area (Å²) in [6, 6.07) is 0.414. The summed E-state index contributed by atoms with van der Waals surface area (Å²) in [5, 5.41) is 7.70. The molecule has 1 aromatic heterocycles. The number of carbonyl (C=O) groups is 1. The smallest absolute Gasteiger partial charge is 0.433 e. The minimum absolute atomic E-state index is 0.396. The third-order valence-corrected chi connectivity index (χ3v) is 2.25. The number of rotatable bonds is 3. The molecule has 0 saturated carbocycles. The maximum atomic E-state index is 12.5. The van der Waals surface area contributed by atoms with Crippen LogP contribution in [0.3, 0.4) is 0 Å². The third kappa shape index (κ3) is 3.28. The predicted octanol–water partition coefficient (Wildman–Crippen LogP) is 3.32. The molecule has 1 rings (SSSR count). The second-order valence-electron chi connectivity index (χ2n) is 3.25. The van der Waals surface area contributed by atoms with Crippen LogP contribution in [0.25, 0.3) is 0 Å². The van der Waals surface area contributed by atoms with E-state index in [0.717, 1.165) is 0 Å². The minimum Gasteiger partial charge on any atom is -0.481 e. The van der Waals surface area contributed by atoms with Crippen LogP contribution in [0.2, 0.25) is 5.15 Å². The summed E-state index contributed by atoms with van der Waals surface area (Å²) in [6.45, 7) is 0. The molecule has 0 aliphatic heterocycles. The van der Waals surface area contributed by atoms with Crippen molar-refractivity contribution in [3.63, 3.8) is 0 Å². The Morgan fingerprint density at radius 2 is 2.00 bits per heavy atom. The van der Waals surface area contributed by atoms with Gasteiger partial charge in [-0.15, -0.1) is 0 Å². The molecule has 1 N–H and O–H groups in total. The highest BCUT2D eigenvalue weighted by atomic mass is 35.5. The second-order valence-corrected chi connectivity index (χ2v) is 3.60. The van der Waals surface area contributed by atoms with Crippen LogP contribution < -0.4 is 0 Å². The van der Waals surface area contributed by atoms with Crippen molar-refractivity contribution < 1.29 is 31.9 Å². The highest BCUT2D eigenvalue weighted by Crippen LogP contribution is 2.36. The molecule has 0 spiro atoms. The molecule has 1 heterocycles. The molecule has 3 nitrogen and oxygen atoms in total. The summed E-state index contributed by atoms with van der Waals surface area (Å²) < 4.78 is 62.2. The average molecular weight is 290 g/mol. The maximum absolute atomic E-state index is 12.5. The number of alkyl halides is 5. The number of aromatic nitrogens is 1. The van der Waals surface area contributed by atoms with Crippen molar-refractivity contribution in [1.29, 1.82) is 0 Å². The lowest BCUT2D eigenvalue weighted by atomic mass is 10.1. The third-order valence-electron chi connectivity index (χ3n) is 1.92. The van der Waals surface area contributed by atoms with Gasteiger partial charge in [0.2, 0.25) is 0 Å². The molecule has 0 bridgehead atoms. The van der Waals surface area contributed by atoms with Crippen LogP contribution in [0, 0.1) is 0 Å². The Kier molecular flexibility index (Phi) is 4.10. The highest BCUT2D eigenvalue weighted by molar-refractivity contribution is 6.30. The van der Waals surface area contributed by atoms with E-state index < -0.39 is 47.0 Å². The summed E-state index contributed by atoms with van der Waals surface area (Å²) in [6.07, 6.45) is -9.31. The lowest BCUT2D eigenvalue weighted by molar-refractivity contribution is -0.143. The monoisotopic (exact) mass is 289 g/mol. The fourth-order valence-electron chi connectivity index (χ4n) is 1.23. The van der Waals surface area contributed by atoms with Crippen LogP contribution in [-0.2, 0) is 17.4 Å². The summed E-state index contributed by atoms with van der Waals surface area (Å²) >= 11 is 5.34. The molecule has 0 saturated heterocycles. The molecule has 0 unspecified atom stereocenters. The van der Waals surface area contributed by atoms with Gasteiger partial charge >= 0.3 is 12.1 Å². The number of hydrogen-bond acceptors (Lipinski definition) is 2. The van der Waals surface area contributed by atoms with Gasteiger partial charge in [0.05, 0.1) is 6.42 Å². The molecule has 0 radical (unpaired) electrons. The Labute approximate surface area is 102 Å². The van der Waals surface area contributed by atoms with Crippen LogP contribution in [0.5, 0.6) is 0 Å². The first-order valence-electron chi connectivity index (χ1n) is 4.39. The van der Waals surface area contributed by atoms with Crippen LogP contribution in [0.1, 0.15) is 23.2 Å². The quantitative estimate of drug-likeness (QED) is 0.686. The van der Waals surface area contributed by atoms with Crippen molar-refractivity contribution in [2.24, 2.45) is 0 Å². The number of carboxylic acids is 1. The normalized spacial score (nSPS) is 11.9. The van der Waals surface area contributed by atoms with Gasteiger partial charge in [-0.05, 0) is 6.07 Å². The van der Waals surface area contributed by atoms with E-state index in [9.17, 15) is 26.7 Å². The minimum atomic E-state index is -5.09. The lowest BCUT2D eigenvalue weighted by Gasteiger charge is -2.13. The molecule has 0 aliphatic rings. The van der Waals surface area contributed by atoms with E-state index in [-0.39, 0.29) is 0 Å². The Morgan fingerprint density at radius 1 is 1.44 bits per heavy atom. The van der Waals surface area contributed by atoms with E-state index >= 15 is 0 Å². The number of carboxylic acid groups (broad SMARTS) is 1. The molecule has 0 fully saturated rings. The number of halogens is 6. The van der Waals surface area contributed by atoms with Crippen LogP contribution >= 0.6 is 11.6 Å². The summed E-state index contributed by atoms with van der Waals surface area (Å²) in [5.74, 6) is -1.42. The second kappa shape index (κ2) is 5.05. The van der Waals surface area contributed by atoms with Gasteiger partial charge in [-0.1, -0.05) is 11.6 Å². The van der Waals surface area contributed by atoms with Gasteiger partial charge in [-0.3, -0.25) is 4.79 Å². The average Bonchev–Trinajstić information content (AvgIpc) is 2.17. The SMILES string of the molecule is O=C(O)Cc1cc(C(F)F)c(C(F)(F)F)nc1Cl. The van der Waals surface area contributed by atoms with Crippen molar-refractivity contribution in [2.75, 3.05) is 0 Å². The van der Waals surface area contributed by atoms with Crippen molar-refractivity contribution in [2.45, 2.75) is 19.0 Å². The molecule has 100 valence electrons. The van der Waals surface area contributed by atoms with Crippen LogP contribution in [0.15, 0.2) is 6.07 Å². The summed E-state index contributed by atoms with van der Waals surface area (Å²) in [5.41, 5.74) is -3.59. The molecular formula is C9H5ClF5NO2. The number of aliphatic carboxylic acids is 1. The molecule has 0 aromatic carbocycles. The van der Waals surface area contributed by atoms with E-state index in [0.29, 0.717) is 6.07 Å². The van der Waals surface area contributed by atoms with Gasteiger partial charge in [0, 0.05) is 11.1 Å². The first-order chi connectivity index (χ1) is 8.12. The topological polar surface area (TPSA) is 50.2 Å².